The Kier molecular flexibility index (Phi) is 6.43. The van der Waals surface area contributed by atoms with Crippen LogP contribution in [0.4, 0.5) is 17.6 Å². The van der Waals surface area contributed by atoms with Crippen LogP contribution in [0.25, 0.3) is 5.69 Å². The van der Waals surface area contributed by atoms with E-state index in [2.05, 4.69) is 5.10 Å². The van der Waals surface area contributed by atoms with E-state index >= 15 is 4.39 Å². The number of nitrogens with two attached hydrogens (primary N) is 1. The van der Waals surface area contributed by atoms with Crippen LogP contribution < -0.4 is 5.14 Å². The third kappa shape index (κ3) is 4.78. The van der Waals surface area contributed by atoms with Crippen molar-refractivity contribution in [3.8, 4) is 5.69 Å². The Labute approximate surface area is 193 Å². The molecule has 0 saturated heterocycles. The molecular weight excluding hydrogens is 493 g/mol. The predicted octanol–water partition coefficient (Wildman–Crippen LogP) is 5.37. The number of hydrogen-bond donors (Lipinski definition) is 1. The molecule has 12 heteroatoms. The van der Waals surface area contributed by atoms with E-state index in [9.17, 15) is 21.6 Å². The molecule has 0 aliphatic heterocycles. The van der Waals surface area contributed by atoms with E-state index in [1.807, 2.05) is 13.8 Å². The molecule has 1 aromatic heterocycles. The van der Waals surface area contributed by atoms with Crippen molar-refractivity contribution in [3.63, 3.8) is 0 Å². The fourth-order valence-corrected chi connectivity index (χ4v) is 6.77. The number of nitrogens with zero attached hydrogens (tertiary/aromatic N) is 2. The number of aromatic nitrogens is 2. The fourth-order valence-electron chi connectivity index (χ4n) is 4.54. The Morgan fingerprint density at radius 3 is 2.28 bits per heavy atom. The summed E-state index contributed by atoms with van der Waals surface area (Å²) < 4.78 is 80.0. The van der Waals surface area contributed by atoms with E-state index < -0.39 is 43.7 Å². The lowest BCUT2D eigenvalue weighted by Crippen LogP contribution is -2.51. The average Bonchev–Trinajstić information content (AvgIpc) is 3.05. The van der Waals surface area contributed by atoms with Crippen molar-refractivity contribution in [2.24, 2.45) is 17.0 Å². The molecule has 1 aliphatic carbocycles. The van der Waals surface area contributed by atoms with Gasteiger partial charge in [0.15, 0.2) is 5.69 Å². The smallest absolute Gasteiger partial charge is 0.244 e. The van der Waals surface area contributed by atoms with E-state index in [-0.39, 0.29) is 35.0 Å². The van der Waals surface area contributed by atoms with Crippen molar-refractivity contribution in [1.82, 2.24) is 9.78 Å². The first-order valence-corrected chi connectivity index (χ1v) is 12.1. The lowest BCUT2D eigenvalue weighted by Gasteiger charge is -2.48. The second-order valence-corrected chi connectivity index (χ2v) is 11.6. The van der Waals surface area contributed by atoms with Gasteiger partial charge in [-0.05, 0) is 49.6 Å². The first-order valence-electron chi connectivity index (χ1n) is 9.78. The van der Waals surface area contributed by atoms with E-state index in [0.29, 0.717) is 0 Å². The maximum absolute atomic E-state index is 15.2. The van der Waals surface area contributed by atoms with Crippen molar-refractivity contribution in [2.45, 2.75) is 60.6 Å². The second-order valence-electron chi connectivity index (χ2n) is 8.81. The third-order valence-corrected chi connectivity index (χ3v) is 7.65. The predicted molar refractivity (Wildman–Crippen MR) is 114 cm³/mol. The summed E-state index contributed by atoms with van der Waals surface area (Å²) in [7, 11) is -4.01. The third-order valence-electron chi connectivity index (χ3n) is 5.72. The summed E-state index contributed by atoms with van der Waals surface area (Å²) in [5, 5.41) is 8.06. The molecule has 0 radical (unpaired) electrons. The van der Waals surface area contributed by atoms with E-state index in [1.54, 1.807) is 0 Å². The van der Waals surface area contributed by atoms with Crippen LogP contribution in [0.2, 0.25) is 0 Å². The molecule has 178 valence electrons. The molecule has 2 aromatic rings. The molecule has 2 N–H and O–H groups in total. The molecule has 1 saturated carbocycles. The Morgan fingerprint density at radius 2 is 1.81 bits per heavy atom. The van der Waals surface area contributed by atoms with Crippen molar-refractivity contribution < 1.29 is 26.0 Å². The van der Waals surface area contributed by atoms with Gasteiger partial charge in [0, 0.05) is 17.7 Å². The molecule has 0 amide bonds. The first kappa shape index (κ1) is 25.3. The van der Waals surface area contributed by atoms with Crippen LogP contribution in [-0.2, 0) is 21.1 Å². The number of hydrogen-bond acceptors (Lipinski definition) is 3. The first-order chi connectivity index (χ1) is 14.5. The number of benzene rings is 1. The number of rotatable bonds is 4. The van der Waals surface area contributed by atoms with Gasteiger partial charge in [-0.25, -0.2) is 22.6 Å². The number of alkyl halides is 6. The molecule has 5 nitrogen and oxygen atoms in total. The molecule has 0 bridgehead atoms. The largest absolute Gasteiger partial charge is 0.435 e. The zero-order valence-corrected chi connectivity index (χ0v) is 19.8. The minimum atomic E-state index is -4.78. The SMILES string of the molecule is CC(C)C1C(Cl)CC(C)(F)CC1(Cl)c1cc(C(F)(F)F)nn1-c1ccc(S(N)(=O)=O)cc1. The van der Waals surface area contributed by atoms with E-state index in [0.717, 1.165) is 22.9 Å². The highest BCUT2D eigenvalue weighted by atomic mass is 35.5. The van der Waals surface area contributed by atoms with Crippen molar-refractivity contribution in [2.75, 3.05) is 0 Å². The monoisotopic (exact) mass is 515 g/mol. The molecule has 0 spiro atoms. The minimum absolute atomic E-state index is 0.00912. The summed E-state index contributed by atoms with van der Waals surface area (Å²) in [6.45, 7) is 4.97. The van der Waals surface area contributed by atoms with Gasteiger partial charge < -0.3 is 0 Å². The van der Waals surface area contributed by atoms with Crippen LogP contribution in [0, 0.1) is 11.8 Å². The summed E-state index contributed by atoms with van der Waals surface area (Å²) in [5.74, 6) is -0.733. The average molecular weight is 516 g/mol. The zero-order valence-electron chi connectivity index (χ0n) is 17.5. The van der Waals surface area contributed by atoms with E-state index in [1.165, 1.54) is 19.1 Å². The molecule has 1 aliphatic rings. The van der Waals surface area contributed by atoms with Gasteiger partial charge in [0.2, 0.25) is 10.0 Å². The lowest BCUT2D eigenvalue weighted by atomic mass is 9.66. The number of primary sulfonamides is 1. The Balaban J connectivity index is 2.26. The van der Waals surface area contributed by atoms with Crippen LogP contribution >= 0.6 is 23.2 Å². The molecule has 3 rings (SSSR count). The molecule has 32 heavy (non-hydrogen) atoms. The van der Waals surface area contributed by atoms with Gasteiger partial charge in [-0.3, -0.25) is 0 Å². The summed E-state index contributed by atoms with van der Waals surface area (Å²) in [4.78, 5) is -1.82. The molecule has 1 heterocycles. The van der Waals surface area contributed by atoms with Gasteiger partial charge in [0.05, 0.1) is 21.2 Å². The lowest BCUT2D eigenvalue weighted by molar-refractivity contribution is -0.141. The molecule has 1 aromatic carbocycles. The Bertz CT molecular complexity index is 1100. The van der Waals surface area contributed by atoms with Gasteiger partial charge in [-0.1, -0.05) is 13.8 Å². The Hall–Kier alpha value is -1.36. The molecular formula is C20H23Cl2F4N3O2S. The minimum Gasteiger partial charge on any atom is -0.244 e. The molecule has 4 unspecified atom stereocenters. The number of halogens is 6. The van der Waals surface area contributed by atoms with Crippen LogP contribution in [-0.4, -0.2) is 29.2 Å². The highest BCUT2D eigenvalue weighted by molar-refractivity contribution is 7.89. The van der Waals surface area contributed by atoms with Gasteiger partial charge in [0.25, 0.3) is 0 Å². The van der Waals surface area contributed by atoms with E-state index in [4.69, 9.17) is 28.3 Å². The van der Waals surface area contributed by atoms with Crippen molar-refractivity contribution in [1.29, 1.82) is 0 Å². The topological polar surface area (TPSA) is 78.0 Å². The molecule has 1 fully saturated rings. The number of sulfonamides is 1. The summed E-state index contributed by atoms with van der Waals surface area (Å²) in [5.41, 5.74) is -2.97. The summed E-state index contributed by atoms with van der Waals surface area (Å²) >= 11 is 13.5. The maximum atomic E-state index is 15.2. The fraction of sp³-hybridized carbons (Fsp3) is 0.550. The summed E-state index contributed by atoms with van der Waals surface area (Å²) in [6, 6.07) is 5.62. The highest BCUT2D eigenvalue weighted by Gasteiger charge is 2.56. The van der Waals surface area contributed by atoms with Crippen LogP contribution in [0.1, 0.15) is 45.0 Å². The normalized spacial score (nSPS) is 29.5. The van der Waals surface area contributed by atoms with Crippen molar-refractivity contribution >= 4 is 33.2 Å². The van der Waals surface area contributed by atoms with Crippen LogP contribution in [0.3, 0.4) is 0 Å². The van der Waals surface area contributed by atoms with Crippen LogP contribution in [0.15, 0.2) is 35.2 Å². The quantitative estimate of drug-likeness (QED) is 0.438. The van der Waals surface area contributed by atoms with Gasteiger partial charge in [0.1, 0.15) is 5.67 Å². The van der Waals surface area contributed by atoms with Gasteiger partial charge >= 0.3 is 6.18 Å². The van der Waals surface area contributed by atoms with Crippen molar-refractivity contribution in [3.05, 3.63) is 41.7 Å². The highest BCUT2D eigenvalue weighted by Crippen LogP contribution is 2.56. The second kappa shape index (κ2) is 8.14. The van der Waals surface area contributed by atoms with Gasteiger partial charge in [-0.15, -0.1) is 23.2 Å². The maximum Gasteiger partial charge on any atom is 0.435 e. The summed E-state index contributed by atoms with van der Waals surface area (Å²) in [6.07, 6.45) is -5.05. The standard InChI is InChI=1S/C20H23Cl2F4N3O2S/c1-11(2)17-14(21)9-18(3,23)10-19(17,22)16-8-15(20(24,25)26)28-29(16)12-4-6-13(7-5-12)32(27,30)31/h4-8,11,14,17H,9-10H2,1-3H3,(H2,27,30,31). The zero-order chi connectivity index (χ0) is 24.3. The molecule has 4 atom stereocenters. The van der Waals surface area contributed by atoms with Gasteiger partial charge in [-0.2, -0.15) is 18.3 Å². The Morgan fingerprint density at radius 1 is 1.25 bits per heavy atom. The van der Waals surface area contributed by atoms with Crippen LogP contribution in [0.5, 0.6) is 0 Å².